The summed E-state index contributed by atoms with van der Waals surface area (Å²) in [7, 11) is 0. The number of benzene rings is 2. The number of hydrogen-bond acceptors (Lipinski definition) is 7. The maximum absolute atomic E-state index is 13.8. The zero-order chi connectivity index (χ0) is 32.3. The van der Waals surface area contributed by atoms with Gasteiger partial charge in [0.15, 0.2) is 5.78 Å². The highest BCUT2D eigenvalue weighted by Gasteiger charge is 2.42. The Bertz CT molecular complexity index is 1290. The molecule has 2 aromatic carbocycles. The van der Waals surface area contributed by atoms with Crippen LogP contribution in [0.4, 0.5) is 0 Å². The lowest BCUT2D eigenvalue weighted by Crippen LogP contribution is -2.65. The van der Waals surface area contributed by atoms with E-state index in [-0.39, 0.29) is 30.6 Å². The number of rotatable bonds is 15. The molecule has 3 rings (SSSR count). The molecule has 10 nitrogen and oxygen atoms in total. The minimum absolute atomic E-state index is 0.0803. The monoisotopic (exact) mass is 606 g/mol. The van der Waals surface area contributed by atoms with E-state index in [1.165, 1.54) is 6.92 Å². The summed E-state index contributed by atoms with van der Waals surface area (Å²) in [6.07, 6.45) is 2.96. The van der Waals surface area contributed by atoms with Gasteiger partial charge in [-0.1, -0.05) is 62.4 Å². The lowest BCUT2D eigenvalue weighted by Gasteiger charge is -2.36. The molecule has 1 fully saturated rings. The highest BCUT2D eigenvalue weighted by molar-refractivity contribution is 5.97. The third-order valence-corrected chi connectivity index (χ3v) is 8.39. The minimum atomic E-state index is -1.36. The molecule has 0 saturated carbocycles. The number of Topliss-reactive ketones (excluding diaryl/α,β-unsaturated/α-hetero) is 1. The predicted molar refractivity (Wildman–Crippen MR) is 167 cm³/mol. The van der Waals surface area contributed by atoms with Crippen molar-refractivity contribution in [3.63, 3.8) is 0 Å². The number of carbonyl (C=O) groups excluding carboxylic acids is 5. The highest BCUT2D eigenvalue weighted by Crippen LogP contribution is 2.22. The van der Waals surface area contributed by atoms with Crippen molar-refractivity contribution in [1.82, 2.24) is 15.5 Å². The molecule has 1 aliphatic heterocycles. The molecule has 0 aromatic heterocycles. The van der Waals surface area contributed by atoms with Crippen LogP contribution >= 0.6 is 0 Å². The van der Waals surface area contributed by atoms with E-state index in [1.54, 1.807) is 36.1 Å². The van der Waals surface area contributed by atoms with Gasteiger partial charge in [-0.3, -0.25) is 19.2 Å². The third kappa shape index (κ3) is 9.22. The van der Waals surface area contributed by atoms with Gasteiger partial charge in [0, 0.05) is 13.0 Å². The number of nitrogens with two attached hydrogens (primary N) is 1. The van der Waals surface area contributed by atoms with Crippen molar-refractivity contribution in [2.45, 2.75) is 89.9 Å². The summed E-state index contributed by atoms with van der Waals surface area (Å²) in [5.41, 5.74) is 6.16. The molecule has 1 heterocycles. The summed E-state index contributed by atoms with van der Waals surface area (Å²) in [4.78, 5) is 66.6. The van der Waals surface area contributed by atoms with E-state index in [1.807, 2.05) is 50.2 Å². The number of nitrogens with one attached hydrogen (secondary N) is 2. The number of amides is 3. The van der Waals surface area contributed by atoms with Crippen LogP contribution in [0.15, 0.2) is 60.7 Å². The van der Waals surface area contributed by atoms with Crippen molar-refractivity contribution in [3.8, 4) is 0 Å². The Labute approximate surface area is 260 Å². The summed E-state index contributed by atoms with van der Waals surface area (Å²) in [5.74, 6) is -2.13. The van der Waals surface area contributed by atoms with E-state index >= 15 is 0 Å². The fraction of sp³-hybridized carbons (Fsp3) is 0.500. The molecule has 3 amide bonds. The first kappa shape index (κ1) is 34.4. The summed E-state index contributed by atoms with van der Waals surface area (Å²) >= 11 is 0. The number of ether oxygens (including phenoxy) is 1. The van der Waals surface area contributed by atoms with E-state index < -0.39 is 41.4 Å². The lowest BCUT2D eigenvalue weighted by molar-refractivity contribution is -0.142. The van der Waals surface area contributed by atoms with Gasteiger partial charge < -0.3 is 26.0 Å². The highest BCUT2D eigenvalue weighted by atomic mass is 16.5. The van der Waals surface area contributed by atoms with Gasteiger partial charge in [0.1, 0.15) is 11.6 Å². The Kier molecular flexibility index (Phi) is 12.6. The normalized spacial score (nSPS) is 17.3. The summed E-state index contributed by atoms with van der Waals surface area (Å²) in [5, 5.41) is 5.74. The zero-order valence-electron chi connectivity index (χ0n) is 26.2. The summed E-state index contributed by atoms with van der Waals surface area (Å²) in [6.45, 7) is 7.38. The van der Waals surface area contributed by atoms with Gasteiger partial charge in [-0.25, -0.2) is 4.79 Å². The first-order chi connectivity index (χ1) is 20.9. The number of hydrogen-bond donors (Lipinski definition) is 3. The molecule has 0 radical (unpaired) electrons. The number of nitrogens with zero attached hydrogens (tertiary/aromatic N) is 1. The van der Waals surface area contributed by atoms with Crippen LogP contribution in [0, 0.1) is 5.92 Å². The van der Waals surface area contributed by atoms with Crippen molar-refractivity contribution >= 4 is 29.5 Å². The van der Waals surface area contributed by atoms with Gasteiger partial charge in [-0.2, -0.15) is 0 Å². The van der Waals surface area contributed by atoms with Crippen LogP contribution in [-0.2, 0) is 30.3 Å². The van der Waals surface area contributed by atoms with Crippen LogP contribution in [0.1, 0.15) is 75.7 Å². The predicted octanol–water partition coefficient (Wildman–Crippen LogP) is 3.18. The SMILES string of the molecule is CC(=O)[C@H]1CCCN1C(=O)C(Cc1ccccc1)NC(=O)[C@@](C)(NC(=O)[C@@H](N)CCCCOC(=O)c1ccccc1)C(C)C. The molecule has 0 spiro atoms. The van der Waals surface area contributed by atoms with Gasteiger partial charge in [0.25, 0.3) is 0 Å². The van der Waals surface area contributed by atoms with E-state index in [4.69, 9.17) is 10.5 Å². The number of ketones is 1. The summed E-state index contributed by atoms with van der Waals surface area (Å²) in [6, 6.07) is 15.7. The van der Waals surface area contributed by atoms with E-state index in [9.17, 15) is 24.0 Å². The molecule has 2 aromatic rings. The number of carbonyl (C=O) groups is 5. The molecule has 1 unspecified atom stereocenters. The number of esters is 1. The minimum Gasteiger partial charge on any atom is -0.462 e. The van der Waals surface area contributed by atoms with Gasteiger partial charge in [0.05, 0.1) is 24.3 Å². The lowest BCUT2D eigenvalue weighted by atomic mass is 9.86. The second-order valence-electron chi connectivity index (χ2n) is 12.0. The smallest absolute Gasteiger partial charge is 0.338 e. The van der Waals surface area contributed by atoms with Crippen LogP contribution in [0.5, 0.6) is 0 Å². The fourth-order valence-corrected chi connectivity index (χ4v) is 5.24. The largest absolute Gasteiger partial charge is 0.462 e. The Morgan fingerprint density at radius 3 is 2.25 bits per heavy atom. The van der Waals surface area contributed by atoms with Gasteiger partial charge in [-0.15, -0.1) is 0 Å². The van der Waals surface area contributed by atoms with E-state index in [0.717, 1.165) is 12.0 Å². The first-order valence-corrected chi connectivity index (χ1v) is 15.4. The first-order valence-electron chi connectivity index (χ1n) is 15.4. The van der Waals surface area contributed by atoms with Gasteiger partial charge >= 0.3 is 5.97 Å². The number of likely N-dealkylation sites (tertiary alicyclic amines) is 1. The topological polar surface area (TPSA) is 148 Å². The van der Waals surface area contributed by atoms with E-state index in [0.29, 0.717) is 37.8 Å². The zero-order valence-corrected chi connectivity index (χ0v) is 26.2. The van der Waals surface area contributed by atoms with Crippen LogP contribution in [0.2, 0.25) is 0 Å². The average Bonchev–Trinajstić information content (AvgIpc) is 3.51. The molecular formula is C34H46N4O6. The van der Waals surface area contributed by atoms with E-state index in [2.05, 4.69) is 10.6 Å². The quantitative estimate of drug-likeness (QED) is 0.208. The van der Waals surface area contributed by atoms with Crippen LogP contribution in [-0.4, -0.2) is 71.2 Å². The standard InChI is InChI=1S/C34H46N4O6/c1-23(2)34(4,37-30(40)27(35)18-11-12-21-44-32(42)26-16-9-6-10-17-26)33(43)36-28(22-25-14-7-5-8-15-25)31(41)38-20-13-19-29(38)24(3)39/h5-10,14-17,23,27-29H,11-13,18-22,35H2,1-4H3,(H,36,43)(H,37,40)/t27-,28?,29+,34-/m0/s1. The molecule has 238 valence electrons. The second kappa shape index (κ2) is 16.1. The van der Waals surface area contributed by atoms with Crippen LogP contribution in [0.3, 0.4) is 0 Å². The third-order valence-electron chi connectivity index (χ3n) is 8.39. The maximum Gasteiger partial charge on any atom is 0.338 e. The van der Waals surface area contributed by atoms with Crippen molar-refractivity contribution in [2.24, 2.45) is 11.7 Å². The second-order valence-corrected chi connectivity index (χ2v) is 12.0. The van der Waals surface area contributed by atoms with Crippen molar-refractivity contribution in [1.29, 1.82) is 0 Å². The maximum atomic E-state index is 13.8. The molecule has 10 heteroatoms. The molecule has 4 atom stereocenters. The van der Waals surface area contributed by atoms with Crippen molar-refractivity contribution < 1.29 is 28.7 Å². The van der Waals surface area contributed by atoms with Crippen molar-refractivity contribution in [3.05, 3.63) is 71.8 Å². The molecular weight excluding hydrogens is 560 g/mol. The van der Waals surface area contributed by atoms with Crippen LogP contribution < -0.4 is 16.4 Å². The Balaban J connectivity index is 1.62. The van der Waals surface area contributed by atoms with Crippen LogP contribution in [0.25, 0.3) is 0 Å². The Morgan fingerprint density at radius 1 is 1.00 bits per heavy atom. The number of unbranched alkanes of at least 4 members (excludes halogenated alkanes) is 1. The van der Waals surface area contributed by atoms with Gasteiger partial charge in [0.2, 0.25) is 17.7 Å². The molecule has 1 aliphatic rings. The van der Waals surface area contributed by atoms with Crippen molar-refractivity contribution in [2.75, 3.05) is 13.2 Å². The molecule has 4 N–H and O–H groups in total. The molecule has 44 heavy (non-hydrogen) atoms. The Hall–Kier alpha value is -4.05. The molecule has 0 aliphatic carbocycles. The molecule has 1 saturated heterocycles. The Morgan fingerprint density at radius 2 is 1.64 bits per heavy atom. The average molecular weight is 607 g/mol. The summed E-state index contributed by atoms with van der Waals surface area (Å²) < 4.78 is 5.29. The molecule has 0 bridgehead atoms. The fourth-order valence-electron chi connectivity index (χ4n) is 5.24. The van der Waals surface area contributed by atoms with Gasteiger partial charge in [-0.05, 0) is 69.6 Å².